The van der Waals surface area contributed by atoms with Crippen molar-refractivity contribution in [2.75, 3.05) is 7.11 Å². The number of carbonyl (C=O) groups is 1. The van der Waals surface area contributed by atoms with E-state index in [4.69, 9.17) is 0 Å². The van der Waals surface area contributed by atoms with Crippen molar-refractivity contribution >= 4 is 17.0 Å². The van der Waals surface area contributed by atoms with Crippen LogP contribution < -0.4 is 0 Å². The van der Waals surface area contributed by atoms with Gasteiger partial charge in [-0.1, -0.05) is 0 Å². The number of esters is 1. The van der Waals surface area contributed by atoms with Crippen LogP contribution in [0.5, 0.6) is 0 Å². The second-order valence-electron chi connectivity index (χ2n) is 4.32. The molecule has 3 aromatic rings. The lowest BCUT2D eigenvalue weighted by atomic mass is 10.1. The van der Waals surface area contributed by atoms with Crippen LogP contribution in [-0.4, -0.2) is 28.0 Å². The van der Waals surface area contributed by atoms with Gasteiger partial charge < -0.3 is 4.74 Å². The normalized spacial score (nSPS) is 10.6. The van der Waals surface area contributed by atoms with E-state index >= 15 is 0 Å². The Hall–Kier alpha value is -2.89. The van der Waals surface area contributed by atoms with E-state index in [0.29, 0.717) is 27.9 Å². The van der Waals surface area contributed by atoms with Crippen molar-refractivity contribution < 1.29 is 13.9 Å². The molecule has 0 saturated carbocycles. The highest BCUT2D eigenvalue weighted by molar-refractivity contribution is 5.93. The van der Waals surface area contributed by atoms with Gasteiger partial charge in [0.1, 0.15) is 0 Å². The predicted octanol–water partition coefficient (Wildman–Crippen LogP) is 2.62. The smallest absolute Gasteiger partial charge is 0.337 e. The number of nitrogens with zero attached hydrogens (tertiary/aromatic N) is 3. The minimum absolute atomic E-state index is 0.397. The zero-order valence-electron chi connectivity index (χ0n) is 11.1. The third kappa shape index (κ3) is 2.55. The Labute approximate surface area is 119 Å². The van der Waals surface area contributed by atoms with Gasteiger partial charge in [0.2, 0.25) is 5.95 Å². The molecule has 2 heterocycles. The maximum atomic E-state index is 12.8. The summed E-state index contributed by atoms with van der Waals surface area (Å²) in [6.45, 7) is 0. The second kappa shape index (κ2) is 5.24. The highest BCUT2D eigenvalue weighted by atomic mass is 19.1. The van der Waals surface area contributed by atoms with Crippen LogP contribution in [0.3, 0.4) is 0 Å². The van der Waals surface area contributed by atoms with Crippen LogP contribution in [0.1, 0.15) is 10.4 Å². The van der Waals surface area contributed by atoms with Crippen LogP contribution in [0.4, 0.5) is 4.39 Å². The summed E-state index contributed by atoms with van der Waals surface area (Å²) in [7, 11) is 1.32. The highest BCUT2D eigenvalue weighted by Crippen LogP contribution is 2.19. The van der Waals surface area contributed by atoms with Gasteiger partial charge in [0.15, 0.2) is 0 Å². The zero-order chi connectivity index (χ0) is 14.8. The molecule has 0 aliphatic rings. The van der Waals surface area contributed by atoms with E-state index in [-0.39, 0.29) is 0 Å². The molecule has 0 aliphatic carbocycles. The first-order valence-electron chi connectivity index (χ1n) is 6.14. The monoisotopic (exact) mass is 283 g/mol. The van der Waals surface area contributed by atoms with Gasteiger partial charge >= 0.3 is 5.97 Å². The molecule has 5 nitrogen and oxygen atoms in total. The van der Waals surface area contributed by atoms with Gasteiger partial charge in [-0.25, -0.2) is 14.8 Å². The third-order valence-corrected chi connectivity index (χ3v) is 2.99. The van der Waals surface area contributed by atoms with E-state index < -0.39 is 11.9 Å². The molecule has 2 aromatic heterocycles. The molecule has 21 heavy (non-hydrogen) atoms. The van der Waals surface area contributed by atoms with E-state index in [0.717, 1.165) is 0 Å². The molecule has 6 heteroatoms. The molecule has 0 atom stereocenters. The Balaban J connectivity index is 2.09. The molecule has 0 saturated heterocycles. The Bertz CT molecular complexity index is 819. The molecule has 0 aliphatic heterocycles. The Kier molecular flexibility index (Phi) is 3.27. The molecule has 0 N–H and O–H groups in total. The summed E-state index contributed by atoms with van der Waals surface area (Å²) in [5.41, 5.74) is 2.81. The van der Waals surface area contributed by atoms with Gasteiger partial charge in [-0.15, -0.1) is 0 Å². The quantitative estimate of drug-likeness (QED) is 0.534. The fourth-order valence-corrected chi connectivity index (χ4v) is 1.92. The third-order valence-electron chi connectivity index (χ3n) is 2.99. The number of fused-ring (bicyclic) bond motifs is 1. The number of carbonyl (C=O) groups excluding carboxylic acids is 1. The minimum atomic E-state index is -0.555. The summed E-state index contributed by atoms with van der Waals surface area (Å²) in [5, 5.41) is 0. The summed E-state index contributed by atoms with van der Waals surface area (Å²) >= 11 is 0. The first kappa shape index (κ1) is 13.1. The molecule has 3 rings (SSSR count). The number of hydrogen-bond acceptors (Lipinski definition) is 5. The first-order valence-corrected chi connectivity index (χ1v) is 6.14. The van der Waals surface area contributed by atoms with Crippen molar-refractivity contribution in [1.82, 2.24) is 15.0 Å². The van der Waals surface area contributed by atoms with Crippen LogP contribution in [-0.2, 0) is 4.74 Å². The van der Waals surface area contributed by atoms with Crippen LogP contribution >= 0.6 is 0 Å². The number of halogens is 1. The predicted molar refractivity (Wildman–Crippen MR) is 74.1 cm³/mol. The molecule has 0 amide bonds. The lowest BCUT2D eigenvalue weighted by Gasteiger charge is -2.04. The number of benzene rings is 1. The number of hydrogen-bond donors (Lipinski definition) is 0. The number of aromatic nitrogens is 3. The summed E-state index contributed by atoms with van der Waals surface area (Å²) in [5.74, 6) is -0.993. The largest absolute Gasteiger partial charge is 0.465 e. The van der Waals surface area contributed by atoms with E-state index in [1.807, 2.05) is 0 Å². The molecule has 0 radical (unpaired) electrons. The van der Waals surface area contributed by atoms with E-state index in [2.05, 4.69) is 19.7 Å². The number of rotatable bonds is 2. The van der Waals surface area contributed by atoms with Crippen LogP contribution in [0, 0.1) is 5.95 Å². The molecule has 0 bridgehead atoms. The number of pyridine rings is 1. The minimum Gasteiger partial charge on any atom is -0.465 e. The maximum Gasteiger partial charge on any atom is 0.337 e. The summed E-state index contributed by atoms with van der Waals surface area (Å²) < 4.78 is 17.5. The fourth-order valence-electron chi connectivity index (χ4n) is 1.92. The van der Waals surface area contributed by atoms with Gasteiger partial charge in [0, 0.05) is 11.8 Å². The van der Waals surface area contributed by atoms with Crippen molar-refractivity contribution in [1.29, 1.82) is 0 Å². The van der Waals surface area contributed by atoms with Gasteiger partial charge in [0.05, 0.1) is 35.6 Å². The number of methoxy groups -OCH3 is 1. The van der Waals surface area contributed by atoms with Crippen LogP contribution in [0.15, 0.2) is 42.7 Å². The molecular weight excluding hydrogens is 273 g/mol. The Morgan fingerprint density at radius 3 is 2.67 bits per heavy atom. The van der Waals surface area contributed by atoms with Gasteiger partial charge in [-0.3, -0.25) is 4.98 Å². The molecule has 0 unspecified atom stereocenters. The summed E-state index contributed by atoms with van der Waals surface area (Å²) in [4.78, 5) is 23.8. The van der Waals surface area contributed by atoms with E-state index in [1.165, 1.54) is 19.4 Å². The van der Waals surface area contributed by atoms with Crippen LogP contribution in [0.2, 0.25) is 0 Å². The Morgan fingerprint density at radius 2 is 1.95 bits per heavy atom. The molecule has 1 aromatic carbocycles. The van der Waals surface area contributed by atoms with Crippen molar-refractivity contribution in [3.05, 3.63) is 54.2 Å². The van der Waals surface area contributed by atoms with Gasteiger partial charge in [0.25, 0.3) is 0 Å². The van der Waals surface area contributed by atoms with Crippen molar-refractivity contribution in [3.8, 4) is 11.3 Å². The van der Waals surface area contributed by atoms with E-state index in [1.54, 1.807) is 30.5 Å². The van der Waals surface area contributed by atoms with Crippen molar-refractivity contribution in [2.24, 2.45) is 0 Å². The average molecular weight is 283 g/mol. The lowest BCUT2D eigenvalue weighted by molar-refractivity contribution is 0.0601. The van der Waals surface area contributed by atoms with Crippen LogP contribution in [0.25, 0.3) is 22.3 Å². The van der Waals surface area contributed by atoms with Gasteiger partial charge in [-0.2, -0.15) is 4.39 Å². The second-order valence-corrected chi connectivity index (χ2v) is 4.32. The number of ether oxygens (including phenoxy) is 1. The first-order chi connectivity index (χ1) is 10.2. The Morgan fingerprint density at radius 1 is 1.10 bits per heavy atom. The van der Waals surface area contributed by atoms with Crippen molar-refractivity contribution in [3.63, 3.8) is 0 Å². The molecule has 0 spiro atoms. The fraction of sp³-hybridized carbons (Fsp3) is 0.0667. The topological polar surface area (TPSA) is 65.0 Å². The maximum absolute atomic E-state index is 12.8. The summed E-state index contributed by atoms with van der Waals surface area (Å²) in [6.07, 6.45) is 2.96. The van der Waals surface area contributed by atoms with Gasteiger partial charge in [-0.05, 0) is 30.3 Å². The molecular formula is C15H10FN3O2. The SMILES string of the molecule is COC(=O)c1ccc2ncc(-c3ccc(F)nc3)nc2c1. The zero-order valence-corrected chi connectivity index (χ0v) is 11.1. The summed E-state index contributed by atoms with van der Waals surface area (Å²) in [6, 6.07) is 7.76. The molecule has 104 valence electrons. The molecule has 0 fully saturated rings. The van der Waals surface area contributed by atoms with Crippen molar-refractivity contribution in [2.45, 2.75) is 0 Å². The van der Waals surface area contributed by atoms with E-state index in [9.17, 15) is 9.18 Å². The average Bonchev–Trinajstić information content (AvgIpc) is 2.53. The standard InChI is InChI=1S/C15H10FN3O2/c1-21-15(20)9-2-4-11-12(6-9)19-13(8-17-11)10-3-5-14(16)18-7-10/h2-8H,1H3. The highest BCUT2D eigenvalue weighted by Gasteiger charge is 2.09. The lowest BCUT2D eigenvalue weighted by Crippen LogP contribution is -2.01.